The third kappa shape index (κ3) is 5.22. The van der Waals surface area contributed by atoms with Crippen LogP contribution in [0.15, 0.2) is 29.2 Å². The zero-order valence-electron chi connectivity index (χ0n) is 14.3. The molecule has 1 aliphatic rings. The Morgan fingerprint density at radius 3 is 2.67 bits per heavy atom. The van der Waals surface area contributed by atoms with E-state index in [1.165, 1.54) is 4.90 Å². The fourth-order valence-corrected chi connectivity index (χ4v) is 2.76. The van der Waals surface area contributed by atoms with Crippen molar-refractivity contribution in [3.8, 4) is 0 Å². The van der Waals surface area contributed by atoms with Crippen LogP contribution in [0.25, 0.3) is 0 Å². The number of carbonyl (C=O) groups excluding carboxylic acids is 2. The minimum atomic E-state index is -0.263. The summed E-state index contributed by atoms with van der Waals surface area (Å²) in [6.45, 7) is 0.956. The van der Waals surface area contributed by atoms with Gasteiger partial charge in [-0.1, -0.05) is 0 Å². The molecule has 1 saturated heterocycles. The van der Waals surface area contributed by atoms with Crippen LogP contribution in [0.5, 0.6) is 0 Å². The van der Waals surface area contributed by atoms with E-state index in [0.29, 0.717) is 25.2 Å². The minimum Gasteiger partial charge on any atom is -0.379 e. The van der Waals surface area contributed by atoms with Gasteiger partial charge in [-0.15, -0.1) is 11.8 Å². The molecule has 0 radical (unpaired) electrons. The molecule has 2 atom stereocenters. The molecule has 1 aromatic carbocycles. The maximum atomic E-state index is 12.4. The molecule has 7 heteroatoms. The molecule has 0 aliphatic carbocycles. The van der Waals surface area contributed by atoms with Gasteiger partial charge in [0.2, 0.25) is 5.91 Å². The van der Waals surface area contributed by atoms with Crippen molar-refractivity contribution in [2.75, 3.05) is 40.2 Å². The van der Waals surface area contributed by atoms with Gasteiger partial charge < -0.3 is 19.7 Å². The Hall–Kier alpha value is -1.57. The Labute approximate surface area is 146 Å². The quantitative estimate of drug-likeness (QED) is 0.784. The van der Waals surface area contributed by atoms with Crippen LogP contribution in [0.4, 0.5) is 0 Å². The molecule has 2 rings (SSSR count). The molecule has 1 fully saturated rings. The van der Waals surface area contributed by atoms with Crippen molar-refractivity contribution in [3.63, 3.8) is 0 Å². The van der Waals surface area contributed by atoms with E-state index in [9.17, 15) is 9.59 Å². The summed E-state index contributed by atoms with van der Waals surface area (Å²) in [4.78, 5) is 26.7. The smallest absolute Gasteiger partial charge is 0.251 e. The molecule has 1 aliphatic heterocycles. The molecule has 0 aromatic heterocycles. The molecule has 6 nitrogen and oxygen atoms in total. The summed E-state index contributed by atoms with van der Waals surface area (Å²) in [5.74, 6) is -0.259. The van der Waals surface area contributed by atoms with Crippen molar-refractivity contribution >= 4 is 23.6 Å². The van der Waals surface area contributed by atoms with Crippen LogP contribution in [0.3, 0.4) is 0 Å². The van der Waals surface area contributed by atoms with Gasteiger partial charge in [0.25, 0.3) is 5.91 Å². The summed E-state index contributed by atoms with van der Waals surface area (Å²) in [5, 5.41) is 2.96. The second-order valence-electron chi connectivity index (χ2n) is 5.81. The van der Waals surface area contributed by atoms with Crippen molar-refractivity contribution in [3.05, 3.63) is 29.8 Å². The Kier molecular flexibility index (Phi) is 7.08. The number of nitrogens with one attached hydrogen (secondary N) is 1. The van der Waals surface area contributed by atoms with E-state index in [-0.39, 0.29) is 30.6 Å². The van der Waals surface area contributed by atoms with E-state index < -0.39 is 0 Å². The molecule has 2 amide bonds. The van der Waals surface area contributed by atoms with E-state index in [0.717, 1.165) is 4.90 Å². The first-order valence-corrected chi connectivity index (χ1v) is 9.08. The minimum absolute atomic E-state index is 0.00641. The SMILES string of the molecule is CSc1ccc(C(=O)N[C@@H]2COCC[C@@H]2OCC(=O)N(C)C)cc1. The van der Waals surface area contributed by atoms with Gasteiger partial charge in [0.1, 0.15) is 6.61 Å². The predicted molar refractivity (Wildman–Crippen MR) is 93.3 cm³/mol. The number of carbonyl (C=O) groups is 2. The van der Waals surface area contributed by atoms with Gasteiger partial charge in [-0.3, -0.25) is 9.59 Å². The van der Waals surface area contributed by atoms with Crippen molar-refractivity contribution in [2.24, 2.45) is 0 Å². The van der Waals surface area contributed by atoms with E-state index in [1.807, 2.05) is 18.4 Å². The first-order chi connectivity index (χ1) is 11.5. The third-order valence-corrected chi connectivity index (χ3v) is 4.62. The molecule has 1 heterocycles. The molecular weight excluding hydrogens is 328 g/mol. The van der Waals surface area contributed by atoms with Gasteiger partial charge in [0, 0.05) is 31.2 Å². The fourth-order valence-electron chi connectivity index (χ4n) is 2.35. The van der Waals surface area contributed by atoms with Crippen molar-refractivity contribution in [1.82, 2.24) is 10.2 Å². The predicted octanol–water partition coefficient (Wildman–Crippen LogP) is 1.40. The number of rotatable bonds is 6. The molecular formula is C17H24N2O4S. The highest BCUT2D eigenvalue weighted by Crippen LogP contribution is 2.16. The van der Waals surface area contributed by atoms with E-state index >= 15 is 0 Å². The van der Waals surface area contributed by atoms with Crippen LogP contribution in [0.2, 0.25) is 0 Å². The molecule has 0 saturated carbocycles. The summed E-state index contributed by atoms with van der Waals surface area (Å²) in [7, 11) is 3.38. The zero-order valence-corrected chi connectivity index (χ0v) is 15.1. The highest BCUT2D eigenvalue weighted by molar-refractivity contribution is 7.98. The van der Waals surface area contributed by atoms with Crippen molar-refractivity contribution in [1.29, 1.82) is 0 Å². The van der Waals surface area contributed by atoms with Gasteiger partial charge in [-0.25, -0.2) is 0 Å². The summed E-state index contributed by atoms with van der Waals surface area (Å²) in [6.07, 6.45) is 2.42. The monoisotopic (exact) mass is 352 g/mol. The lowest BCUT2D eigenvalue weighted by Crippen LogP contribution is -2.51. The highest BCUT2D eigenvalue weighted by Gasteiger charge is 2.29. The Morgan fingerprint density at radius 2 is 2.04 bits per heavy atom. The van der Waals surface area contributed by atoms with Crippen LogP contribution in [-0.4, -0.2) is 69.0 Å². The molecule has 0 spiro atoms. The molecule has 0 unspecified atom stereocenters. The number of thioether (sulfide) groups is 1. The van der Waals surface area contributed by atoms with Gasteiger partial charge >= 0.3 is 0 Å². The average Bonchev–Trinajstić information content (AvgIpc) is 2.60. The maximum Gasteiger partial charge on any atom is 0.251 e. The van der Waals surface area contributed by atoms with Gasteiger partial charge in [-0.2, -0.15) is 0 Å². The summed E-state index contributed by atoms with van der Waals surface area (Å²) in [5.41, 5.74) is 0.599. The van der Waals surface area contributed by atoms with E-state index in [4.69, 9.17) is 9.47 Å². The van der Waals surface area contributed by atoms with Crippen LogP contribution in [0.1, 0.15) is 16.8 Å². The maximum absolute atomic E-state index is 12.4. The number of ether oxygens (including phenoxy) is 2. The molecule has 1 aromatic rings. The normalized spacial score (nSPS) is 20.5. The van der Waals surface area contributed by atoms with E-state index in [2.05, 4.69) is 5.32 Å². The molecule has 24 heavy (non-hydrogen) atoms. The first-order valence-electron chi connectivity index (χ1n) is 7.85. The number of likely N-dealkylation sites (N-methyl/N-ethyl adjacent to an activating group) is 1. The van der Waals surface area contributed by atoms with Gasteiger partial charge in [-0.05, 0) is 36.9 Å². The number of hydrogen-bond donors (Lipinski definition) is 1. The fraction of sp³-hybridized carbons (Fsp3) is 0.529. The number of amides is 2. The second kappa shape index (κ2) is 9.05. The summed E-state index contributed by atoms with van der Waals surface area (Å²) in [6, 6.07) is 7.18. The van der Waals surface area contributed by atoms with Crippen LogP contribution in [0, 0.1) is 0 Å². The standard InChI is InChI=1S/C17H24N2O4S/c1-19(2)16(20)11-23-15-8-9-22-10-14(15)18-17(21)12-4-6-13(24-3)7-5-12/h4-7,14-15H,8-11H2,1-3H3,(H,18,21)/t14-,15+/m1/s1. The molecule has 0 bridgehead atoms. The Morgan fingerprint density at radius 1 is 1.33 bits per heavy atom. The summed E-state index contributed by atoms with van der Waals surface area (Å²) < 4.78 is 11.1. The molecule has 132 valence electrons. The topological polar surface area (TPSA) is 67.9 Å². The highest BCUT2D eigenvalue weighted by atomic mass is 32.2. The lowest BCUT2D eigenvalue weighted by atomic mass is 10.1. The van der Waals surface area contributed by atoms with Gasteiger partial charge in [0.15, 0.2) is 0 Å². The largest absolute Gasteiger partial charge is 0.379 e. The average molecular weight is 352 g/mol. The zero-order chi connectivity index (χ0) is 17.5. The number of hydrogen-bond acceptors (Lipinski definition) is 5. The second-order valence-corrected chi connectivity index (χ2v) is 6.69. The lowest BCUT2D eigenvalue weighted by molar-refractivity contribution is -0.138. The van der Waals surface area contributed by atoms with Crippen LogP contribution in [-0.2, 0) is 14.3 Å². The number of benzene rings is 1. The van der Waals surface area contributed by atoms with Crippen LogP contribution >= 0.6 is 11.8 Å². The first kappa shape index (κ1) is 18.8. The lowest BCUT2D eigenvalue weighted by Gasteiger charge is -2.32. The van der Waals surface area contributed by atoms with Gasteiger partial charge in [0.05, 0.1) is 18.8 Å². The van der Waals surface area contributed by atoms with Crippen molar-refractivity contribution < 1.29 is 19.1 Å². The van der Waals surface area contributed by atoms with Crippen LogP contribution < -0.4 is 5.32 Å². The molecule has 1 N–H and O–H groups in total. The van der Waals surface area contributed by atoms with E-state index in [1.54, 1.807) is 38.0 Å². The third-order valence-electron chi connectivity index (χ3n) is 3.88. The summed E-state index contributed by atoms with van der Waals surface area (Å²) >= 11 is 1.63. The Bertz CT molecular complexity index is 562. The number of nitrogens with zero attached hydrogens (tertiary/aromatic N) is 1. The van der Waals surface area contributed by atoms with Crippen molar-refractivity contribution in [2.45, 2.75) is 23.5 Å². The Balaban J connectivity index is 1.94.